The minimum atomic E-state index is -0.0741. The zero-order valence-electron chi connectivity index (χ0n) is 5.30. The van der Waals surface area contributed by atoms with Gasteiger partial charge in [-0.2, -0.15) is 0 Å². The maximum Gasteiger partial charge on any atom is 0.188 e. The lowest BCUT2D eigenvalue weighted by molar-refractivity contribution is 0.151. The monoisotopic (exact) mass is 134 g/mol. The Bertz CT molecular complexity index is 82.5. The van der Waals surface area contributed by atoms with Crippen LogP contribution in [0.4, 0.5) is 0 Å². The summed E-state index contributed by atoms with van der Waals surface area (Å²) in [6.07, 6.45) is -0.0741. The second-order valence-electron chi connectivity index (χ2n) is 1.40. The van der Waals surface area contributed by atoms with E-state index in [1.807, 2.05) is 6.92 Å². The summed E-state index contributed by atoms with van der Waals surface area (Å²) in [5.41, 5.74) is 0. The third-order valence-electron chi connectivity index (χ3n) is 0.887. The van der Waals surface area contributed by atoms with E-state index in [0.29, 0.717) is 5.05 Å². The van der Waals surface area contributed by atoms with Crippen molar-refractivity contribution in [3.63, 3.8) is 0 Å². The molecule has 0 spiro atoms. The van der Waals surface area contributed by atoms with Crippen molar-refractivity contribution in [3.05, 3.63) is 0 Å². The fourth-order valence-corrected chi connectivity index (χ4v) is 0.358. The Morgan fingerprint density at radius 2 is 2.00 bits per heavy atom. The SMILES string of the molecule is COC(=S)C(C)OC. The number of ether oxygens (including phenoxy) is 2. The third kappa shape index (κ3) is 2.23. The van der Waals surface area contributed by atoms with Crippen LogP contribution in [0.25, 0.3) is 0 Å². The summed E-state index contributed by atoms with van der Waals surface area (Å²) < 4.78 is 9.55. The molecule has 0 aromatic carbocycles. The number of thiocarbonyl (C=S) groups is 1. The highest BCUT2D eigenvalue weighted by molar-refractivity contribution is 7.80. The Hall–Kier alpha value is -0.150. The highest BCUT2D eigenvalue weighted by Gasteiger charge is 2.04. The van der Waals surface area contributed by atoms with Crippen LogP contribution in [0.1, 0.15) is 6.92 Å². The largest absolute Gasteiger partial charge is 0.488 e. The van der Waals surface area contributed by atoms with Gasteiger partial charge in [-0.15, -0.1) is 0 Å². The van der Waals surface area contributed by atoms with Gasteiger partial charge in [-0.3, -0.25) is 0 Å². The standard InChI is InChI=1S/C5H10O2S/c1-4(6-2)5(8)7-3/h4H,1-3H3. The van der Waals surface area contributed by atoms with Crippen LogP contribution in [0.15, 0.2) is 0 Å². The van der Waals surface area contributed by atoms with E-state index < -0.39 is 0 Å². The molecule has 0 radical (unpaired) electrons. The lowest BCUT2D eigenvalue weighted by Crippen LogP contribution is -2.17. The van der Waals surface area contributed by atoms with Gasteiger partial charge in [-0.1, -0.05) is 0 Å². The molecule has 0 aromatic rings. The molecular weight excluding hydrogens is 124 g/mol. The summed E-state index contributed by atoms with van der Waals surface area (Å²) in [5, 5.41) is 0.493. The van der Waals surface area contributed by atoms with E-state index in [-0.39, 0.29) is 6.10 Å². The van der Waals surface area contributed by atoms with E-state index in [0.717, 1.165) is 0 Å². The van der Waals surface area contributed by atoms with Crippen molar-refractivity contribution in [2.75, 3.05) is 14.2 Å². The molecule has 0 aromatic heterocycles. The van der Waals surface area contributed by atoms with Gasteiger partial charge < -0.3 is 9.47 Å². The molecule has 1 unspecified atom stereocenters. The number of hydrogen-bond donors (Lipinski definition) is 0. The van der Waals surface area contributed by atoms with Crippen LogP contribution in [0, 0.1) is 0 Å². The van der Waals surface area contributed by atoms with Crippen molar-refractivity contribution in [2.45, 2.75) is 13.0 Å². The van der Waals surface area contributed by atoms with Gasteiger partial charge in [0.05, 0.1) is 7.11 Å². The van der Waals surface area contributed by atoms with E-state index >= 15 is 0 Å². The third-order valence-corrected chi connectivity index (χ3v) is 1.39. The summed E-state index contributed by atoms with van der Waals surface area (Å²) in [7, 11) is 3.13. The molecule has 0 saturated carbocycles. The number of hydrogen-bond acceptors (Lipinski definition) is 3. The molecule has 0 saturated heterocycles. The zero-order valence-corrected chi connectivity index (χ0v) is 6.12. The van der Waals surface area contributed by atoms with Crippen LogP contribution in [-0.4, -0.2) is 25.4 Å². The van der Waals surface area contributed by atoms with Gasteiger partial charge >= 0.3 is 0 Å². The van der Waals surface area contributed by atoms with Crippen LogP contribution >= 0.6 is 12.2 Å². The molecule has 0 heterocycles. The van der Waals surface area contributed by atoms with Crippen molar-refractivity contribution in [1.29, 1.82) is 0 Å². The molecule has 0 aliphatic carbocycles. The summed E-state index contributed by atoms with van der Waals surface area (Å²) in [6, 6.07) is 0. The molecule has 0 aliphatic rings. The predicted octanol–water partition coefficient (Wildman–Crippen LogP) is 0.995. The van der Waals surface area contributed by atoms with Crippen LogP contribution < -0.4 is 0 Å². The molecule has 48 valence electrons. The normalized spacial score (nSPS) is 12.9. The highest BCUT2D eigenvalue weighted by Crippen LogP contribution is 1.91. The predicted molar refractivity (Wildman–Crippen MR) is 36.1 cm³/mol. The van der Waals surface area contributed by atoms with Crippen molar-refractivity contribution < 1.29 is 9.47 Å². The van der Waals surface area contributed by atoms with E-state index in [9.17, 15) is 0 Å². The first-order chi connectivity index (χ1) is 3.72. The lowest BCUT2D eigenvalue weighted by Gasteiger charge is -2.07. The van der Waals surface area contributed by atoms with Crippen LogP contribution in [0.5, 0.6) is 0 Å². The fourth-order valence-electron chi connectivity index (χ4n) is 0.262. The van der Waals surface area contributed by atoms with Crippen molar-refractivity contribution in [3.8, 4) is 0 Å². The second kappa shape index (κ2) is 3.80. The van der Waals surface area contributed by atoms with Crippen LogP contribution in [-0.2, 0) is 9.47 Å². The average molecular weight is 134 g/mol. The van der Waals surface area contributed by atoms with E-state index in [1.165, 1.54) is 7.11 Å². The number of methoxy groups -OCH3 is 2. The Balaban J connectivity index is 3.46. The van der Waals surface area contributed by atoms with Gasteiger partial charge in [0.25, 0.3) is 0 Å². The minimum absolute atomic E-state index is 0.0741. The first-order valence-corrected chi connectivity index (χ1v) is 2.73. The van der Waals surface area contributed by atoms with Gasteiger partial charge in [0.1, 0.15) is 6.10 Å². The quantitative estimate of drug-likeness (QED) is 0.525. The lowest BCUT2D eigenvalue weighted by atomic mass is 10.4. The van der Waals surface area contributed by atoms with E-state index in [2.05, 4.69) is 0 Å². The van der Waals surface area contributed by atoms with Crippen LogP contribution in [0.3, 0.4) is 0 Å². The molecule has 0 amide bonds. The molecule has 0 fully saturated rings. The van der Waals surface area contributed by atoms with E-state index in [4.69, 9.17) is 21.7 Å². The second-order valence-corrected chi connectivity index (χ2v) is 1.80. The van der Waals surface area contributed by atoms with Crippen molar-refractivity contribution >= 4 is 17.3 Å². The fraction of sp³-hybridized carbons (Fsp3) is 0.800. The molecule has 8 heavy (non-hydrogen) atoms. The molecule has 1 atom stereocenters. The number of rotatable bonds is 2. The Morgan fingerprint density at radius 3 is 2.12 bits per heavy atom. The van der Waals surface area contributed by atoms with Gasteiger partial charge in [0.15, 0.2) is 5.05 Å². The summed E-state index contributed by atoms with van der Waals surface area (Å²) >= 11 is 4.73. The highest BCUT2D eigenvalue weighted by atomic mass is 32.1. The molecule has 0 N–H and O–H groups in total. The smallest absolute Gasteiger partial charge is 0.188 e. The summed E-state index contributed by atoms with van der Waals surface area (Å²) in [6.45, 7) is 1.84. The van der Waals surface area contributed by atoms with Gasteiger partial charge in [0.2, 0.25) is 0 Å². The topological polar surface area (TPSA) is 18.5 Å². The average Bonchev–Trinajstić information content (AvgIpc) is 1.84. The van der Waals surface area contributed by atoms with Gasteiger partial charge in [-0.05, 0) is 19.1 Å². The molecule has 2 nitrogen and oxygen atoms in total. The van der Waals surface area contributed by atoms with Crippen LogP contribution in [0.2, 0.25) is 0 Å². The molecule has 0 rings (SSSR count). The first kappa shape index (κ1) is 7.85. The summed E-state index contributed by atoms with van der Waals surface area (Å²) in [4.78, 5) is 0. The Kier molecular flexibility index (Phi) is 3.73. The first-order valence-electron chi connectivity index (χ1n) is 2.33. The molecule has 3 heteroatoms. The molecule has 0 bridgehead atoms. The maximum absolute atomic E-state index is 4.84. The van der Waals surface area contributed by atoms with Crippen molar-refractivity contribution in [2.24, 2.45) is 0 Å². The van der Waals surface area contributed by atoms with E-state index in [1.54, 1.807) is 7.11 Å². The maximum atomic E-state index is 4.84. The van der Waals surface area contributed by atoms with Gasteiger partial charge in [-0.25, -0.2) is 0 Å². The zero-order chi connectivity index (χ0) is 6.57. The minimum Gasteiger partial charge on any atom is -0.488 e. The Morgan fingerprint density at radius 1 is 1.50 bits per heavy atom. The van der Waals surface area contributed by atoms with Crippen molar-refractivity contribution in [1.82, 2.24) is 0 Å². The van der Waals surface area contributed by atoms with Gasteiger partial charge in [0, 0.05) is 7.11 Å². The molecule has 0 aliphatic heterocycles. The Labute approximate surface area is 54.8 Å². The molecular formula is C5H10O2S. The summed E-state index contributed by atoms with van der Waals surface area (Å²) in [5.74, 6) is 0.